The van der Waals surface area contributed by atoms with Gasteiger partial charge in [-0.05, 0) is 42.7 Å². The SMILES string of the molecule is Cc1c(C(=O)NCCc2c[nH]c3ccccc23)ccc2c3ccccc3n(C)c12. The van der Waals surface area contributed by atoms with Crippen LogP contribution in [0.2, 0.25) is 0 Å². The Kier molecular flexibility index (Phi) is 4.13. The summed E-state index contributed by atoms with van der Waals surface area (Å²) in [5, 5.41) is 6.73. The third kappa shape index (κ3) is 2.80. The number of para-hydroxylation sites is 2. The Morgan fingerprint density at radius 1 is 0.966 bits per heavy atom. The summed E-state index contributed by atoms with van der Waals surface area (Å²) in [6.45, 7) is 2.64. The molecule has 5 rings (SSSR count). The Balaban J connectivity index is 1.40. The van der Waals surface area contributed by atoms with Crippen LogP contribution in [0.15, 0.2) is 66.9 Å². The lowest BCUT2D eigenvalue weighted by Crippen LogP contribution is -2.26. The molecule has 0 unspecified atom stereocenters. The number of hydrogen-bond donors (Lipinski definition) is 2. The van der Waals surface area contributed by atoms with Gasteiger partial charge in [0, 0.05) is 52.5 Å². The van der Waals surface area contributed by atoms with Gasteiger partial charge in [0.15, 0.2) is 0 Å². The van der Waals surface area contributed by atoms with E-state index in [4.69, 9.17) is 0 Å². The molecule has 3 aromatic carbocycles. The average Bonchev–Trinajstić information content (AvgIpc) is 3.28. The second kappa shape index (κ2) is 6.82. The number of fused-ring (bicyclic) bond motifs is 4. The topological polar surface area (TPSA) is 49.8 Å². The highest BCUT2D eigenvalue weighted by molar-refractivity contribution is 6.11. The molecule has 0 spiro atoms. The number of rotatable bonds is 4. The van der Waals surface area contributed by atoms with Crippen molar-refractivity contribution in [1.29, 1.82) is 0 Å². The molecule has 144 valence electrons. The molecule has 4 heteroatoms. The lowest BCUT2D eigenvalue weighted by Gasteiger charge is -2.10. The quantitative estimate of drug-likeness (QED) is 0.447. The zero-order valence-electron chi connectivity index (χ0n) is 16.6. The summed E-state index contributed by atoms with van der Waals surface area (Å²) in [4.78, 5) is 16.2. The van der Waals surface area contributed by atoms with Gasteiger partial charge in [0.1, 0.15) is 0 Å². The number of amides is 1. The van der Waals surface area contributed by atoms with Gasteiger partial charge in [0.2, 0.25) is 0 Å². The second-order valence-corrected chi connectivity index (χ2v) is 7.58. The molecular formula is C25H23N3O. The number of H-pyrrole nitrogens is 1. The summed E-state index contributed by atoms with van der Waals surface area (Å²) in [5.74, 6) is -0.0190. The van der Waals surface area contributed by atoms with Crippen LogP contribution >= 0.6 is 0 Å². The molecule has 2 N–H and O–H groups in total. The second-order valence-electron chi connectivity index (χ2n) is 7.58. The highest BCUT2D eigenvalue weighted by Gasteiger charge is 2.16. The zero-order chi connectivity index (χ0) is 20.0. The lowest BCUT2D eigenvalue weighted by atomic mass is 10.0. The molecule has 2 heterocycles. The highest BCUT2D eigenvalue weighted by Crippen LogP contribution is 2.31. The van der Waals surface area contributed by atoms with Crippen LogP contribution in [0.3, 0.4) is 0 Å². The van der Waals surface area contributed by atoms with Crippen molar-refractivity contribution in [3.05, 3.63) is 83.6 Å². The summed E-state index contributed by atoms with van der Waals surface area (Å²) in [7, 11) is 2.07. The fourth-order valence-corrected chi connectivity index (χ4v) is 4.45. The number of carbonyl (C=O) groups excluding carboxylic acids is 1. The predicted molar refractivity (Wildman–Crippen MR) is 119 cm³/mol. The standard InChI is InChI=1S/C25H23N3O/c1-16-18(11-12-21-20-8-4-6-10-23(20)28(2)24(16)21)25(29)26-14-13-17-15-27-22-9-5-3-7-19(17)22/h3-12,15,27H,13-14H2,1-2H3,(H,26,29). The number of nitrogens with one attached hydrogen (secondary N) is 2. The highest BCUT2D eigenvalue weighted by atomic mass is 16.1. The summed E-state index contributed by atoms with van der Waals surface area (Å²) >= 11 is 0. The van der Waals surface area contributed by atoms with E-state index in [2.05, 4.69) is 64.4 Å². The Hall–Kier alpha value is -3.53. The molecule has 2 aromatic heterocycles. The minimum atomic E-state index is -0.0190. The van der Waals surface area contributed by atoms with Gasteiger partial charge in [0.05, 0.1) is 5.52 Å². The van der Waals surface area contributed by atoms with Crippen molar-refractivity contribution in [1.82, 2.24) is 14.9 Å². The summed E-state index contributed by atoms with van der Waals surface area (Å²) in [6, 6.07) is 20.6. The first kappa shape index (κ1) is 17.6. The monoisotopic (exact) mass is 381 g/mol. The van der Waals surface area contributed by atoms with E-state index in [9.17, 15) is 4.79 Å². The Morgan fingerprint density at radius 2 is 1.72 bits per heavy atom. The van der Waals surface area contributed by atoms with E-state index < -0.39 is 0 Å². The normalized spacial score (nSPS) is 11.5. The van der Waals surface area contributed by atoms with Crippen LogP contribution in [0, 0.1) is 6.92 Å². The number of carbonyl (C=O) groups is 1. The van der Waals surface area contributed by atoms with Crippen LogP contribution in [0.1, 0.15) is 21.5 Å². The number of nitrogens with zero attached hydrogens (tertiary/aromatic N) is 1. The molecule has 5 aromatic rings. The van der Waals surface area contributed by atoms with E-state index >= 15 is 0 Å². The summed E-state index contributed by atoms with van der Waals surface area (Å²) in [6.07, 6.45) is 2.83. The van der Waals surface area contributed by atoms with Gasteiger partial charge in [-0.1, -0.05) is 42.5 Å². The molecular weight excluding hydrogens is 358 g/mol. The van der Waals surface area contributed by atoms with Gasteiger partial charge in [0.25, 0.3) is 5.91 Å². The molecule has 0 aliphatic carbocycles. The van der Waals surface area contributed by atoms with Gasteiger partial charge in [-0.25, -0.2) is 0 Å². The first-order valence-corrected chi connectivity index (χ1v) is 9.95. The first-order chi connectivity index (χ1) is 14.1. The molecule has 29 heavy (non-hydrogen) atoms. The first-order valence-electron chi connectivity index (χ1n) is 9.95. The van der Waals surface area contributed by atoms with Crippen LogP contribution in [0.5, 0.6) is 0 Å². The van der Waals surface area contributed by atoms with E-state index in [1.54, 1.807) is 0 Å². The molecule has 4 nitrogen and oxygen atoms in total. The molecule has 0 radical (unpaired) electrons. The lowest BCUT2D eigenvalue weighted by molar-refractivity contribution is 0.0953. The molecule has 0 aliphatic rings. The number of benzene rings is 3. The van der Waals surface area contributed by atoms with Gasteiger partial charge < -0.3 is 14.9 Å². The Bertz CT molecular complexity index is 1370. The summed E-state index contributed by atoms with van der Waals surface area (Å²) in [5.41, 5.74) is 6.42. The molecule has 0 saturated carbocycles. The number of aromatic nitrogens is 2. The van der Waals surface area contributed by atoms with Gasteiger partial charge in [-0.2, -0.15) is 0 Å². The predicted octanol–water partition coefficient (Wildman–Crippen LogP) is 5.09. The van der Waals surface area contributed by atoms with E-state index in [1.165, 1.54) is 27.2 Å². The molecule has 0 saturated heterocycles. The van der Waals surface area contributed by atoms with Crippen molar-refractivity contribution in [2.75, 3.05) is 6.54 Å². The van der Waals surface area contributed by atoms with Crippen LogP contribution in [-0.4, -0.2) is 22.0 Å². The number of aromatic amines is 1. The van der Waals surface area contributed by atoms with E-state index in [1.807, 2.05) is 31.3 Å². The maximum Gasteiger partial charge on any atom is 0.251 e. The van der Waals surface area contributed by atoms with Crippen molar-refractivity contribution in [2.24, 2.45) is 7.05 Å². The maximum absolute atomic E-state index is 12.9. The van der Waals surface area contributed by atoms with Gasteiger partial charge >= 0.3 is 0 Å². The van der Waals surface area contributed by atoms with Crippen molar-refractivity contribution in [2.45, 2.75) is 13.3 Å². The van der Waals surface area contributed by atoms with Crippen molar-refractivity contribution < 1.29 is 4.79 Å². The maximum atomic E-state index is 12.9. The molecule has 1 amide bonds. The van der Waals surface area contributed by atoms with E-state index in [0.29, 0.717) is 6.54 Å². The van der Waals surface area contributed by atoms with Gasteiger partial charge in [-0.3, -0.25) is 4.79 Å². The minimum absolute atomic E-state index is 0.0190. The molecule has 0 aliphatic heterocycles. The fraction of sp³-hybridized carbons (Fsp3) is 0.160. The molecule has 0 bridgehead atoms. The summed E-state index contributed by atoms with van der Waals surface area (Å²) < 4.78 is 2.18. The van der Waals surface area contributed by atoms with E-state index in [0.717, 1.165) is 28.6 Å². The van der Waals surface area contributed by atoms with Crippen LogP contribution in [-0.2, 0) is 13.5 Å². The number of hydrogen-bond acceptors (Lipinski definition) is 1. The largest absolute Gasteiger partial charge is 0.361 e. The van der Waals surface area contributed by atoms with Crippen LogP contribution in [0.25, 0.3) is 32.7 Å². The van der Waals surface area contributed by atoms with Crippen molar-refractivity contribution in [3.63, 3.8) is 0 Å². The third-order valence-electron chi connectivity index (χ3n) is 5.92. The molecule has 0 fully saturated rings. The molecule has 0 atom stereocenters. The van der Waals surface area contributed by atoms with Crippen LogP contribution < -0.4 is 5.32 Å². The average molecular weight is 381 g/mol. The third-order valence-corrected chi connectivity index (χ3v) is 5.92. The van der Waals surface area contributed by atoms with Crippen LogP contribution in [0.4, 0.5) is 0 Å². The van der Waals surface area contributed by atoms with Gasteiger partial charge in [-0.15, -0.1) is 0 Å². The minimum Gasteiger partial charge on any atom is -0.361 e. The Labute approximate surface area is 169 Å². The number of aryl methyl sites for hydroxylation is 2. The smallest absolute Gasteiger partial charge is 0.251 e. The Morgan fingerprint density at radius 3 is 2.59 bits per heavy atom. The van der Waals surface area contributed by atoms with Crippen molar-refractivity contribution >= 4 is 38.6 Å². The van der Waals surface area contributed by atoms with Crippen molar-refractivity contribution in [3.8, 4) is 0 Å². The fourth-order valence-electron chi connectivity index (χ4n) is 4.45. The van der Waals surface area contributed by atoms with E-state index in [-0.39, 0.29) is 5.91 Å². The zero-order valence-corrected chi connectivity index (χ0v) is 16.6.